The van der Waals surface area contributed by atoms with Gasteiger partial charge in [0.15, 0.2) is 0 Å². The third kappa shape index (κ3) is 4.79. The number of hydrogen-bond acceptors (Lipinski definition) is 2. The SMILES string of the molecule is Brc1ccc(COc2ccc(Br)cc2C=Nc2ccccc2)cc1. The smallest absolute Gasteiger partial charge is 0.128 e. The maximum Gasteiger partial charge on any atom is 0.128 e. The summed E-state index contributed by atoms with van der Waals surface area (Å²) in [7, 11) is 0. The highest BCUT2D eigenvalue weighted by molar-refractivity contribution is 9.10. The van der Waals surface area contributed by atoms with Gasteiger partial charge >= 0.3 is 0 Å². The molecule has 0 aromatic heterocycles. The van der Waals surface area contributed by atoms with Crippen LogP contribution >= 0.6 is 31.9 Å². The third-order valence-electron chi connectivity index (χ3n) is 3.39. The number of hydrogen-bond donors (Lipinski definition) is 0. The highest BCUT2D eigenvalue weighted by atomic mass is 79.9. The summed E-state index contributed by atoms with van der Waals surface area (Å²) < 4.78 is 8.03. The van der Waals surface area contributed by atoms with E-state index in [0.717, 1.165) is 31.5 Å². The zero-order chi connectivity index (χ0) is 16.8. The summed E-state index contributed by atoms with van der Waals surface area (Å²) in [5, 5.41) is 0. The number of aliphatic imine (C=N–C) groups is 1. The summed E-state index contributed by atoms with van der Waals surface area (Å²) in [6, 6.07) is 23.9. The molecule has 3 aromatic carbocycles. The molecular weight excluding hydrogens is 430 g/mol. The summed E-state index contributed by atoms with van der Waals surface area (Å²) in [4.78, 5) is 4.51. The Morgan fingerprint density at radius 1 is 0.833 bits per heavy atom. The fourth-order valence-electron chi connectivity index (χ4n) is 2.15. The van der Waals surface area contributed by atoms with E-state index in [4.69, 9.17) is 4.74 Å². The van der Waals surface area contributed by atoms with Gasteiger partial charge in [0.2, 0.25) is 0 Å². The Morgan fingerprint density at radius 3 is 2.29 bits per heavy atom. The van der Waals surface area contributed by atoms with Crippen LogP contribution in [0.1, 0.15) is 11.1 Å². The van der Waals surface area contributed by atoms with Gasteiger partial charge in [-0.3, -0.25) is 4.99 Å². The monoisotopic (exact) mass is 443 g/mol. The molecule has 0 saturated heterocycles. The lowest BCUT2D eigenvalue weighted by molar-refractivity contribution is 0.306. The van der Waals surface area contributed by atoms with Crippen LogP contribution in [0.5, 0.6) is 5.75 Å². The van der Waals surface area contributed by atoms with Crippen molar-refractivity contribution in [3.05, 3.63) is 92.9 Å². The Hall–Kier alpha value is -1.91. The van der Waals surface area contributed by atoms with Crippen LogP contribution in [0, 0.1) is 0 Å². The van der Waals surface area contributed by atoms with Crippen molar-refractivity contribution in [2.75, 3.05) is 0 Å². The van der Waals surface area contributed by atoms with Gasteiger partial charge in [-0.05, 0) is 48.0 Å². The first-order valence-corrected chi connectivity index (χ1v) is 9.05. The second kappa shape index (κ2) is 8.27. The molecule has 0 amide bonds. The molecule has 0 saturated carbocycles. The highest BCUT2D eigenvalue weighted by Gasteiger charge is 2.04. The van der Waals surface area contributed by atoms with Gasteiger partial charge in [0, 0.05) is 20.7 Å². The van der Waals surface area contributed by atoms with Crippen LogP contribution in [0.4, 0.5) is 5.69 Å². The lowest BCUT2D eigenvalue weighted by Crippen LogP contribution is -1.98. The van der Waals surface area contributed by atoms with Crippen molar-refractivity contribution in [3.63, 3.8) is 0 Å². The van der Waals surface area contributed by atoms with Crippen molar-refractivity contribution in [1.82, 2.24) is 0 Å². The second-order valence-electron chi connectivity index (χ2n) is 5.19. The van der Waals surface area contributed by atoms with E-state index in [2.05, 4.69) is 36.9 Å². The highest BCUT2D eigenvalue weighted by Crippen LogP contribution is 2.24. The molecule has 0 aliphatic heterocycles. The van der Waals surface area contributed by atoms with Gasteiger partial charge in [0.25, 0.3) is 0 Å². The predicted octanol–water partition coefficient (Wildman–Crippen LogP) is 6.54. The number of ether oxygens (including phenoxy) is 1. The van der Waals surface area contributed by atoms with Crippen molar-refractivity contribution >= 4 is 43.8 Å². The van der Waals surface area contributed by atoms with Crippen LogP contribution in [-0.2, 0) is 6.61 Å². The molecule has 120 valence electrons. The topological polar surface area (TPSA) is 21.6 Å². The van der Waals surface area contributed by atoms with Gasteiger partial charge in [0.05, 0.1) is 5.69 Å². The molecule has 24 heavy (non-hydrogen) atoms. The molecule has 0 bridgehead atoms. The second-order valence-corrected chi connectivity index (χ2v) is 7.02. The third-order valence-corrected chi connectivity index (χ3v) is 4.41. The Bertz CT molecular complexity index is 830. The fraction of sp³-hybridized carbons (Fsp3) is 0.0500. The lowest BCUT2D eigenvalue weighted by Gasteiger charge is -2.10. The lowest BCUT2D eigenvalue weighted by atomic mass is 10.2. The van der Waals surface area contributed by atoms with E-state index in [1.165, 1.54) is 0 Å². The number of benzene rings is 3. The Morgan fingerprint density at radius 2 is 1.54 bits per heavy atom. The molecule has 3 rings (SSSR count). The van der Waals surface area contributed by atoms with Gasteiger partial charge in [-0.1, -0.05) is 62.2 Å². The molecular formula is C20H15Br2NO. The van der Waals surface area contributed by atoms with E-state index < -0.39 is 0 Å². The van der Waals surface area contributed by atoms with Gasteiger partial charge in [-0.25, -0.2) is 0 Å². The van der Waals surface area contributed by atoms with Crippen molar-refractivity contribution in [3.8, 4) is 5.75 Å². The molecule has 0 radical (unpaired) electrons. The van der Waals surface area contributed by atoms with Crippen LogP contribution in [-0.4, -0.2) is 6.21 Å². The Kier molecular flexibility index (Phi) is 5.83. The Balaban J connectivity index is 1.77. The summed E-state index contributed by atoms with van der Waals surface area (Å²) in [5.41, 5.74) is 2.97. The van der Waals surface area contributed by atoms with Gasteiger partial charge in [0.1, 0.15) is 12.4 Å². The summed E-state index contributed by atoms with van der Waals surface area (Å²) in [5.74, 6) is 0.806. The first kappa shape index (κ1) is 16.9. The minimum atomic E-state index is 0.515. The minimum Gasteiger partial charge on any atom is -0.488 e. The molecule has 4 heteroatoms. The van der Waals surface area contributed by atoms with E-state index in [1.807, 2.05) is 79.0 Å². The predicted molar refractivity (Wildman–Crippen MR) is 106 cm³/mol. The van der Waals surface area contributed by atoms with Crippen LogP contribution in [0.3, 0.4) is 0 Å². The van der Waals surface area contributed by atoms with Crippen LogP contribution in [0.25, 0.3) is 0 Å². The molecule has 0 aliphatic carbocycles. The summed E-state index contributed by atoms with van der Waals surface area (Å²) in [6.07, 6.45) is 1.83. The van der Waals surface area contributed by atoms with E-state index in [0.29, 0.717) is 6.61 Å². The summed E-state index contributed by atoms with van der Waals surface area (Å²) >= 11 is 6.94. The van der Waals surface area contributed by atoms with Crippen molar-refractivity contribution < 1.29 is 4.74 Å². The standard InChI is InChI=1S/C20H15Br2NO/c21-17-8-6-15(7-9-17)14-24-20-11-10-18(22)12-16(20)13-23-19-4-2-1-3-5-19/h1-13H,14H2. The molecule has 0 heterocycles. The maximum atomic E-state index is 5.98. The van der Waals surface area contributed by atoms with E-state index in [9.17, 15) is 0 Å². The fourth-order valence-corrected chi connectivity index (χ4v) is 2.79. The quantitative estimate of drug-likeness (QED) is 0.409. The van der Waals surface area contributed by atoms with Crippen LogP contribution < -0.4 is 4.74 Å². The maximum absolute atomic E-state index is 5.98. The first-order valence-electron chi connectivity index (χ1n) is 7.46. The summed E-state index contributed by atoms with van der Waals surface area (Å²) in [6.45, 7) is 0.515. The average Bonchev–Trinajstić information content (AvgIpc) is 2.61. The van der Waals surface area contributed by atoms with Crippen molar-refractivity contribution in [1.29, 1.82) is 0 Å². The number of nitrogens with zero attached hydrogens (tertiary/aromatic N) is 1. The van der Waals surface area contributed by atoms with Gasteiger partial charge in [-0.2, -0.15) is 0 Å². The van der Waals surface area contributed by atoms with Crippen molar-refractivity contribution in [2.45, 2.75) is 6.61 Å². The first-order chi connectivity index (χ1) is 11.7. The van der Waals surface area contributed by atoms with E-state index >= 15 is 0 Å². The molecule has 2 nitrogen and oxygen atoms in total. The molecule has 0 fully saturated rings. The van der Waals surface area contributed by atoms with E-state index in [1.54, 1.807) is 0 Å². The zero-order valence-corrected chi connectivity index (χ0v) is 16.0. The normalized spacial score (nSPS) is 10.9. The molecule has 0 N–H and O–H groups in total. The Labute approximate surface area is 158 Å². The molecule has 0 spiro atoms. The largest absolute Gasteiger partial charge is 0.488 e. The van der Waals surface area contributed by atoms with Crippen molar-refractivity contribution in [2.24, 2.45) is 4.99 Å². The molecule has 0 atom stereocenters. The number of rotatable bonds is 5. The van der Waals surface area contributed by atoms with Gasteiger partial charge < -0.3 is 4.74 Å². The van der Waals surface area contributed by atoms with Crippen LogP contribution in [0.2, 0.25) is 0 Å². The van der Waals surface area contributed by atoms with E-state index in [-0.39, 0.29) is 0 Å². The number of halogens is 2. The van der Waals surface area contributed by atoms with Crippen LogP contribution in [0.15, 0.2) is 86.7 Å². The molecule has 0 aliphatic rings. The molecule has 0 unspecified atom stereocenters. The minimum absolute atomic E-state index is 0.515. The zero-order valence-electron chi connectivity index (χ0n) is 12.8. The van der Waals surface area contributed by atoms with Gasteiger partial charge in [-0.15, -0.1) is 0 Å². The number of para-hydroxylation sites is 1. The average molecular weight is 445 g/mol. The molecule has 3 aromatic rings.